The maximum Gasteiger partial charge on any atom is 0.179 e. The highest BCUT2D eigenvalue weighted by molar-refractivity contribution is 5.14. The van der Waals surface area contributed by atoms with Gasteiger partial charge < -0.3 is 4.90 Å². The molecular weight excluding hydrogens is 190 g/mol. The van der Waals surface area contributed by atoms with Gasteiger partial charge in [-0.1, -0.05) is 35.4 Å². The summed E-state index contributed by atoms with van der Waals surface area (Å²) in [6, 6.07) is 9.70. The van der Waals surface area contributed by atoms with Crippen molar-refractivity contribution >= 4 is 0 Å². The lowest BCUT2D eigenvalue weighted by molar-refractivity contribution is 0.395. The molecule has 1 rings (SSSR count). The van der Waals surface area contributed by atoms with Crippen molar-refractivity contribution in [1.82, 2.24) is 4.90 Å². The first-order valence-corrected chi connectivity index (χ1v) is 4.56. The molecule has 1 aromatic carbocycles. The van der Waals surface area contributed by atoms with Crippen molar-refractivity contribution in [3.05, 3.63) is 46.3 Å². The molecule has 0 bridgehead atoms. The minimum absolute atomic E-state index is 0.316. The number of hydrogen-bond acceptors (Lipinski definition) is 3. The highest BCUT2D eigenvalue weighted by Crippen LogP contribution is 2.02. The molecule has 5 nitrogen and oxygen atoms in total. The van der Waals surface area contributed by atoms with Crippen LogP contribution >= 0.6 is 0 Å². The first kappa shape index (κ1) is 10.9. The molecule has 5 heteroatoms. The molecule has 0 radical (unpaired) electrons. The molecule has 76 valence electrons. The Morgan fingerprint density at radius 1 is 1.40 bits per heavy atom. The number of hydrogen-bond donors (Lipinski definition) is 0. The molecular formula is C10H11N5. The fourth-order valence-corrected chi connectivity index (χ4v) is 1.18. The van der Waals surface area contributed by atoms with Gasteiger partial charge in [-0.25, -0.2) is 0 Å². The Bertz CT molecular complexity index is 375. The summed E-state index contributed by atoms with van der Waals surface area (Å²) in [5, 5.41) is 12.2. The van der Waals surface area contributed by atoms with E-state index in [1.54, 1.807) is 4.90 Å². The van der Waals surface area contributed by atoms with E-state index in [-0.39, 0.29) is 0 Å². The summed E-state index contributed by atoms with van der Waals surface area (Å²) in [4.78, 5) is 4.20. The summed E-state index contributed by atoms with van der Waals surface area (Å²) >= 11 is 0. The van der Waals surface area contributed by atoms with Crippen LogP contribution in [0, 0.1) is 11.5 Å². The topological polar surface area (TPSA) is 75.8 Å². The van der Waals surface area contributed by atoms with Gasteiger partial charge in [0.25, 0.3) is 0 Å². The summed E-state index contributed by atoms with van der Waals surface area (Å²) in [5.41, 5.74) is 9.17. The number of benzene rings is 1. The number of azide groups is 1. The van der Waals surface area contributed by atoms with E-state index in [1.807, 2.05) is 30.3 Å². The third kappa shape index (κ3) is 4.03. The second kappa shape index (κ2) is 6.30. The third-order valence-corrected chi connectivity index (χ3v) is 1.89. The molecule has 15 heavy (non-hydrogen) atoms. The molecule has 0 fully saturated rings. The normalized spacial score (nSPS) is 8.73. The van der Waals surface area contributed by atoms with Crippen LogP contribution in [0.2, 0.25) is 0 Å². The van der Waals surface area contributed by atoms with Crippen LogP contribution in [0.25, 0.3) is 10.4 Å². The van der Waals surface area contributed by atoms with Crippen molar-refractivity contribution < 1.29 is 0 Å². The van der Waals surface area contributed by atoms with Crippen LogP contribution in [0.4, 0.5) is 0 Å². The lowest BCUT2D eigenvalue weighted by Gasteiger charge is -2.13. The van der Waals surface area contributed by atoms with E-state index in [2.05, 4.69) is 16.2 Å². The Kier molecular flexibility index (Phi) is 4.58. The van der Waals surface area contributed by atoms with Crippen molar-refractivity contribution in [2.24, 2.45) is 5.11 Å². The lowest BCUT2D eigenvalue weighted by atomic mass is 10.2. The van der Waals surface area contributed by atoms with Crippen LogP contribution in [0.5, 0.6) is 0 Å². The van der Waals surface area contributed by atoms with E-state index in [0.717, 1.165) is 5.56 Å². The lowest BCUT2D eigenvalue weighted by Crippen LogP contribution is -2.20. The van der Waals surface area contributed by atoms with Crippen molar-refractivity contribution in [3.8, 4) is 6.19 Å². The van der Waals surface area contributed by atoms with Gasteiger partial charge in [0.15, 0.2) is 6.19 Å². The largest absolute Gasteiger partial charge is 0.306 e. The molecule has 0 unspecified atom stereocenters. The summed E-state index contributed by atoms with van der Waals surface area (Å²) < 4.78 is 0. The SMILES string of the molecule is N#CN(CCN=[N+]=[N-])Cc1ccccc1. The molecule has 0 aromatic heterocycles. The first-order chi connectivity index (χ1) is 7.36. The van der Waals surface area contributed by atoms with Crippen LogP contribution in [0.3, 0.4) is 0 Å². The zero-order valence-electron chi connectivity index (χ0n) is 8.24. The molecule has 0 spiro atoms. The Hall–Kier alpha value is -2.18. The molecule has 1 aromatic rings. The van der Waals surface area contributed by atoms with Gasteiger partial charge in [0, 0.05) is 18.0 Å². The molecule has 0 atom stereocenters. The first-order valence-electron chi connectivity index (χ1n) is 4.56. The fraction of sp³-hybridized carbons (Fsp3) is 0.300. The molecule has 0 aliphatic heterocycles. The quantitative estimate of drug-likeness (QED) is 0.241. The number of rotatable bonds is 5. The van der Waals surface area contributed by atoms with Crippen LogP contribution < -0.4 is 0 Å². The molecule has 0 aliphatic carbocycles. The Morgan fingerprint density at radius 2 is 2.13 bits per heavy atom. The molecule has 0 amide bonds. The molecule has 0 N–H and O–H groups in total. The van der Waals surface area contributed by atoms with Crippen molar-refractivity contribution in [1.29, 1.82) is 5.26 Å². The van der Waals surface area contributed by atoms with Crippen LogP contribution in [-0.2, 0) is 6.54 Å². The zero-order chi connectivity index (χ0) is 10.9. The fourth-order valence-electron chi connectivity index (χ4n) is 1.18. The van der Waals surface area contributed by atoms with E-state index in [1.165, 1.54) is 0 Å². The maximum absolute atomic E-state index is 8.83. The van der Waals surface area contributed by atoms with E-state index < -0.39 is 0 Å². The summed E-state index contributed by atoms with van der Waals surface area (Å²) in [6.07, 6.45) is 2.06. The minimum Gasteiger partial charge on any atom is -0.306 e. The average molecular weight is 201 g/mol. The second-order valence-corrected chi connectivity index (χ2v) is 2.96. The third-order valence-electron chi connectivity index (χ3n) is 1.89. The second-order valence-electron chi connectivity index (χ2n) is 2.96. The summed E-state index contributed by atoms with van der Waals surface area (Å²) in [5.74, 6) is 0. The van der Waals surface area contributed by atoms with E-state index >= 15 is 0 Å². The van der Waals surface area contributed by atoms with Crippen molar-refractivity contribution in [3.63, 3.8) is 0 Å². The highest BCUT2D eigenvalue weighted by atomic mass is 15.2. The molecule has 0 saturated heterocycles. The standard InChI is InChI=1S/C10H11N5/c11-9-15(7-6-13-14-12)8-10-4-2-1-3-5-10/h1-5H,6-8H2. The van der Waals surface area contributed by atoms with Gasteiger partial charge in [-0.05, 0) is 11.1 Å². The number of nitriles is 1. The van der Waals surface area contributed by atoms with E-state index in [4.69, 9.17) is 10.8 Å². The number of nitrogens with zero attached hydrogens (tertiary/aromatic N) is 5. The predicted molar refractivity (Wildman–Crippen MR) is 56.5 cm³/mol. The van der Waals surface area contributed by atoms with Gasteiger partial charge >= 0.3 is 0 Å². The zero-order valence-corrected chi connectivity index (χ0v) is 8.24. The van der Waals surface area contributed by atoms with Gasteiger partial charge in [0.1, 0.15) is 0 Å². The van der Waals surface area contributed by atoms with Crippen molar-refractivity contribution in [2.75, 3.05) is 13.1 Å². The van der Waals surface area contributed by atoms with Gasteiger partial charge in [0.05, 0.1) is 6.54 Å². The molecule has 0 saturated carbocycles. The molecule has 0 aliphatic rings. The van der Waals surface area contributed by atoms with Gasteiger partial charge in [0.2, 0.25) is 0 Å². The van der Waals surface area contributed by atoms with Crippen LogP contribution in [0.15, 0.2) is 35.4 Å². The maximum atomic E-state index is 8.83. The Labute approximate surface area is 88.2 Å². The van der Waals surface area contributed by atoms with Crippen molar-refractivity contribution in [2.45, 2.75) is 6.54 Å². The summed E-state index contributed by atoms with van der Waals surface area (Å²) in [6.45, 7) is 1.32. The monoisotopic (exact) mass is 201 g/mol. The predicted octanol–water partition coefficient (Wildman–Crippen LogP) is 2.28. The van der Waals surface area contributed by atoms with Crippen LogP contribution in [0.1, 0.15) is 5.56 Å². The van der Waals surface area contributed by atoms with E-state index in [0.29, 0.717) is 19.6 Å². The summed E-state index contributed by atoms with van der Waals surface area (Å²) in [7, 11) is 0. The Balaban J connectivity index is 2.48. The van der Waals surface area contributed by atoms with Gasteiger partial charge in [-0.15, -0.1) is 0 Å². The smallest absolute Gasteiger partial charge is 0.179 e. The minimum atomic E-state index is 0.316. The van der Waals surface area contributed by atoms with Crippen LogP contribution in [-0.4, -0.2) is 18.0 Å². The van der Waals surface area contributed by atoms with Gasteiger partial charge in [-0.2, -0.15) is 5.26 Å². The Morgan fingerprint density at radius 3 is 2.73 bits per heavy atom. The van der Waals surface area contributed by atoms with E-state index in [9.17, 15) is 0 Å². The highest BCUT2D eigenvalue weighted by Gasteiger charge is 2.01. The van der Waals surface area contributed by atoms with Gasteiger partial charge in [-0.3, -0.25) is 0 Å². The average Bonchev–Trinajstić information content (AvgIpc) is 2.29. The molecule has 0 heterocycles.